The number of nitrogens with two attached hydrogens (primary N) is 1. The molecule has 0 spiro atoms. The molecule has 0 aromatic rings. The SMILES string of the molecule is CCCC(NCCS)C(N)=O. The summed E-state index contributed by atoms with van der Waals surface area (Å²) in [6.45, 7) is 2.76. The van der Waals surface area contributed by atoms with Crippen LogP contribution in [0.15, 0.2) is 0 Å². The summed E-state index contributed by atoms with van der Waals surface area (Å²) < 4.78 is 0. The Morgan fingerprint density at radius 3 is 2.73 bits per heavy atom. The molecule has 0 radical (unpaired) electrons. The van der Waals surface area contributed by atoms with E-state index in [1.807, 2.05) is 6.92 Å². The molecular weight excluding hydrogens is 160 g/mol. The van der Waals surface area contributed by atoms with Gasteiger partial charge in [-0.15, -0.1) is 0 Å². The van der Waals surface area contributed by atoms with Crippen LogP contribution in [0.5, 0.6) is 0 Å². The lowest BCUT2D eigenvalue weighted by Crippen LogP contribution is -2.41. The van der Waals surface area contributed by atoms with Gasteiger partial charge in [-0.05, 0) is 6.42 Å². The molecule has 0 rings (SSSR count). The van der Waals surface area contributed by atoms with Crippen LogP contribution in [0.4, 0.5) is 0 Å². The summed E-state index contributed by atoms with van der Waals surface area (Å²) in [5.41, 5.74) is 5.14. The third-order valence-electron chi connectivity index (χ3n) is 1.42. The molecule has 0 fully saturated rings. The molecule has 1 atom stereocenters. The molecule has 0 saturated heterocycles. The fourth-order valence-electron chi connectivity index (χ4n) is 0.872. The first kappa shape index (κ1) is 10.8. The molecule has 0 aliphatic rings. The number of nitrogens with one attached hydrogen (secondary N) is 1. The van der Waals surface area contributed by atoms with E-state index < -0.39 is 0 Å². The lowest BCUT2D eigenvalue weighted by Gasteiger charge is -2.12. The van der Waals surface area contributed by atoms with Gasteiger partial charge in [0.2, 0.25) is 5.91 Å². The van der Waals surface area contributed by atoms with Crippen LogP contribution >= 0.6 is 12.6 Å². The minimum absolute atomic E-state index is 0.174. The maximum atomic E-state index is 10.7. The van der Waals surface area contributed by atoms with Crippen molar-refractivity contribution >= 4 is 18.5 Å². The number of amides is 1. The van der Waals surface area contributed by atoms with Gasteiger partial charge in [0.15, 0.2) is 0 Å². The van der Waals surface area contributed by atoms with Crippen molar-refractivity contribution in [1.29, 1.82) is 0 Å². The Bertz CT molecular complexity index is 119. The van der Waals surface area contributed by atoms with Crippen LogP contribution in [0.3, 0.4) is 0 Å². The Morgan fingerprint density at radius 1 is 1.73 bits per heavy atom. The number of hydrogen-bond acceptors (Lipinski definition) is 3. The Labute approximate surface area is 73.1 Å². The predicted octanol–water partition coefficient (Wildman–Crippen LogP) is 0.160. The van der Waals surface area contributed by atoms with Gasteiger partial charge in [-0.1, -0.05) is 13.3 Å². The van der Waals surface area contributed by atoms with Crippen molar-refractivity contribution in [2.24, 2.45) is 5.73 Å². The molecule has 0 aliphatic heterocycles. The topological polar surface area (TPSA) is 55.1 Å². The van der Waals surface area contributed by atoms with Gasteiger partial charge in [0, 0.05) is 12.3 Å². The van der Waals surface area contributed by atoms with Gasteiger partial charge in [0.05, 0.1) is 6.04 Å². The highest BCUT2D eigenvalue weighted by Crippen LogP contribution is 1.94. The number of thiol groups is 1. The molecule has 1 unspecified atom stereocenters. The number of hydrogen-bond donors (Lipinski definition) is 3. The molecule has 1 amide bonds. The van der Waals surface area contributed by atoms with E-state index in [1.165, 1.54) is 0 Å². The van der Waals surface area contributed by atoms with Crippen LogP contribution in [-0.4, -0.2) is 24.2 Å². The van der Waals surface area contributed by atoms with Crippen molar-refractivity contribution in [2.75, 3.05) is 12.3 Å². The van der Waals surface area contributed by atoms with Gasteiger partial charge in [0.25, 0.3) is 0 Å². The second-order valence-electron chi connectivity index (χ2n) is 2.42. The normalized spacial score (nSPS) is 12.9. The molecule has 3 nitrogen and oxygen atoms in total. The quantitative estimate of drug-likeness (QED) is 0.505. The summed E-state index contributed by atoms with van der Waals surface area (Å²) in [5, 5.41) is 3.02. The number of carbonyl (C=O) groups excluding carboxylic acids is 1. The Balaban J connectivity index is 3.60. The summed E-state index contributed by atoms with van der Waals surface area (Å²) in [4.78, 5) is 10.7. The fraction of sp³-hybridized carbons (Fsp3) is 0.857. The summed E-state index contributed by atoms with van der Waals surface area (Å²) >= 11 is 4.02. The molecule has 3 N–H and O–H groups in total. The van der Waals surface area contributed by atoms with Gasteiger partial charge in [0.1, 0.15) is 0 Å². The van der Waals surface area contributed by atoms with E-state index in [-0.39, 0.29) is 11.9 Å². The minimum atomic E-state index is -0.270. The summed E-state index contributed by atoms with van der Waals surface area (Å²) in [5.74, 6) is 0.460. The third-order valence-corrected chi connectivity index (χ3v) is 1.65. The van der Waals surface area contributed by atoms with E-state index in [1.54, 1.807) is 0 Å². The van der Waals surface area contributed by atoms with Gasteiger partial charge in [-0.3, -0.25) is 4.79 Å². The highest BCUT2D eigenvalue weighted by Gasteiger charge is 2.11. The minimum Gasteiger partial charge on any atom is -0.368 e. The summed E-state index contributed by atoms with van der Waals surface area (Å²) in [6, 6.07) is -0.174. The van der Waals surface area contributed by atoms with Crippen LogP contribution in [0, 0.1) is 0 Å². The van der Waals surface area contributed by atoms with Crippen LogP contribution in [0.2, 0.25) is 0 Å². The van der Waals surface area contributed by atoms with Crippen LogP contribution in [-0.2, 0) is 4.79 Å². The van der Waals surface area contributed by atoms with Crippen molar-refractivity contribution in [3.8, 4) is 0 Å². The number of rotatable bonds is 6. The average Bonchev–Trinajstić information content (AvgIpc) is 1.97. The van der Waals surface area contributed by atoms with Crippen LogP contribution in [0.25, 0.3) is 0 Å². The van der Waals surface area contributed by atoms with E-state index in [0.717, 1.165) is 25.1 Å². The molecule has 0 heterocycles. The van der Waals surface area contributed by atoms with E-state index in [4.69, 9.17) is 5.73 Å². The molecular formula is C7H16N2OS. The van der Waals surface area contributed by atoms with E-state index in [0.29, 0.717) is 0 Å². The maximum absolute atomic E-state index is 10.7. The first-order valence-corrected chi connectivity index (χ1v) is 4.49. The molecule has 0 aromatic carbocycles. The van der Waals surface area contributed by atoms with Gasteiger partial charge in [-0.2, -0.15) is 12.6 Å². The smallest absolute Gasteiger partial charge is 0.234 e. The first-order chi connectivity index (χ1) is 5.22. The number of primary amides is 1. The van der Waals surface area contributed by atoms with Crippen molar-refractivity contribution < 1.29 is 4.79 Å². The van der Waals surface area contributed by atoms with Crippen molar-refractivity contribution in [1.82, 2.24) is 5.32 Å². The van der Waals surface area contributed by atoms with Gasteiger partial charge < -0.3 is 11.1 Å². The second-order valence-corrected chi connectivity index (χ2v) is 2.87. The Morgan fingerprint density at radius 2 is 2.36 bits per heavy atom. The molecule has 11 heavy (non-hydrogen) atoms. The largest absolute Gasteiger partial charge is 0.368 e. The lowest BCUT2D eigenvalue weighted by molar-refractivity contribution is -0.120. The lowest BCUT2D eigenvalue weighted by atomic mass is 10.1. The third kappa shape index (κ3) is 5.09. The molecule has 0 aliphatic carbocycles. The molecule has 0 bridgehead atoms. The Kier molecular flexibility index (Phi) is 6.36. The zero-order valence-corrected chi connectivity index (χ0v) is 7.73. The summed E-state index contributed by atoms with van der Waals surface area (Å²) in [6.07, 6.45) is 1.77. The highest BCUT2D eigenvalue weighted by atomic mass is 32.1. The average molecular weight is 176 g/mol. The number of carbonyl (C=O) groups is 1. The molecule has 4 heteroatoms. The molecule has 66 valence electrons. The van der Waals surface area contributed by atoms with Crippen molar-refractivity contribution in [3.63, 3.8) is 0 Å². The standard InChI is InChI=1S/C7H16N2OS/c1-2-3-6(7(8)10)9-4-5-11/h6,9,11H,2-5H2,1H3,(H2,8,10). The van der Waals surface area contributed by atoms with E-state index in [2.05, 4.69) is 17.9 Å². The predicted molar refractivity (Wildman–Crippen MR) is 49.7 cm³/mol. The fourth-order valence-corrected chi connectivity index (χ4v) is 1.00. The second kappa shape index (κ2) is 6.49. The van der Waals surface area contributed by atoms with Crippen LogP contribution in [0.1, 0.15) is 19.8 Å². The summed E-state index contributed by atoms with van der Waals surface area (Å²) in [7, 11) is 0. The first-order valence-electron chi connectivity index (χ1n) is 3.86. The van der Waals surface area contributed by atoms with Gasteiger partial charge >= 0.3 is 0 Å². The van der Waals surface area contributed by atoms with Crippen molar-refractivity contribution in [2.45, 2.75) is 25.8 Å². The maximum Gasteiger partial charge on any atom is 0.234 e. The van der Waals surface area contributed by atoms with Crippen molar-refractivity contribution in [3.05, 3.63) is 0 Å². The molecule has 0 saturated carbocycles. The zero-order valence-electron chi connectivity index (χ0n) is 6.84. The Hall–Kier alpha value is -0.220. The van der Waals surface area contributed by atoms with Crippen LogP contribution < -0.4 is 11.1 Å². The van der Waals surface area contributed by atoms with E-state index >= 15 is 0 Å². The highest BCUT2D eigenvalue weighted by molar-refractivity contribution is 7.80. The zero-order chi connectivity index (χ0) is 8.69. The molecule has 0 aromatic heterocycles. The van der Waals surface area contributed by atoms with E-state index in [9.17, 15) is 4.79 Å². The monoisotopic (exact) mass is 176 g/mol. The van der Waals surface area contributed by atoms with Gasteiger partial charge in [-0.25, -0.2) is 0 Å².